The zero-order valence-corrected chi connectivity index (χ0v) is 22.8. The molecular formula is C26H20Cl4N2O3S. The predicted molar refractivity (Wildman–Crippen MR) is 146 cm³/mol. The van der Waals surface area contributed by atoms with E-state index in [1.807, 2.05) is 6.92 Å². The molecule has 0 spiro atoms. The Morgan fingerprint density at radius 1 is 0.833 bits per heavy atom. The quantitative estimate of drug-likeness (QED) is 0.196. The van der Waals surface area contributed by atoms with E-state index in [2.05, 4.69) is 4.99 Å². The van der Waals surface area contributed by atoms with Crippen molar-refractivity contribution in [1.82, 2.24) is 4.31 Å². The van der Waals surface area contributed by atoms with Crippen molar-refractivity contribution in [2.75, 3.05) is 0 Å². The van der Waals surface area contributed by atoms with E-state index in [0.717, 1.165) is 5.56 Å². The van der Waals surface area contributed by atoms with Crippen molar-refractivity contribution < 1.29 is 12.8 Å². The summed E-state index contributed by atoms with van der Waals surface area (Å²) in [4.78, 5) is 4.51. The van der Waals surface area contributed by atoms with Crippen LogP contribution in [0.4, 0.5) is 5.69 Å². The third-order valence-electron chi connectivity index (χ3n) is 5.28. The van der Waals surface area contributed by atoms with Gasteiger partial charge in [-0.3, -0.25) is 4.99 Å². The summed E-state index contributed by atoms with van der Waals surface area (Å²) in [5.41, 5.74) is 2.17. The molecule has 4 aromatic rings. The molecule has 3 aromatic carbocycles. The van der Waals surface area contributed by atoms with Gasteiger partial charge in [-0.25, -0.2) is 8.42 Å². The van der Waals surface area contributed by atoms with Gasteiger partial charge >= 0.3 is 0 Å². The molecule has 0 bridgehead atoms. The van der Waals surface area contributed by atoms with Gasteiger partial charge in [-0.05, 0) is 67.1 Å². The maximum atomic E-state index is 13.6. The van der Waals surface area contributed by atoms with E-state index in [0.29, 0.717) is 42.9 Å². The van der Waals surface area contributed by atoms with Crippen LogP contribution in [0.2, 0.25) is 20.1 Å². The van der Waals surface area contributed by atoms with Crippen LogP contribution in [0.25, 0.3) is 0 Å². The van der Waals surface area contributed by atoms with Crippen molar-refractivity contribution in [3.63, 3.8) is 0 Å². The fourth-order valence-electron chi connectivity index (χ4n) is 3.35. The number of sulfonamides is 1. The highest BCUT2D eigenvalue weighted by Gasteiger charge is 2.27. The molecule has 10 heteroatoms. The SMILES string of the molecule is Cc1ccc(S(=O)(=O)N(Cc2ccc(C=Nc3ccc(Cl)c(Cl)c3)o2)Cc2ccc(Cl)cc2Cl)cc1. The highest BCUT2D eigenvalue weighted by molar-refractivity contribution is 7.89. The molecule has 0 amide bonds. The van der Waals surface area contributed by atoms with Crippen LogP contribution < -0.4 is 0 Å². The van der Waals surface area contributed by atoms with Crippen molar-refractivity contribution >= 4 is 68.3 Å². The summed E-state index contributed by atoms with van der Waals surface area (Å²) < 4.78 is 34.3. The molecule has 1 aromatic heterocycles. The molecule has 0 aliphatic rings. The van der Waals surface area contributed by atoms with Gasteiger partial charge in [0.05, 0.1) is 33.4 Å². The second kappa shape index (κ2) is 11.4. The fourth-order valence-corrected chi connectivity index (χ4v) is 5.50. The number of aryl methyl sites for hydroxylation is 1. The van der Waals surface area contributed by atoms with Crippen LogP contribution in [0.5, 0.6) is 0 Å². The van der Waals surface area contributed by atoms with Crippen molar-refractivity contribution in [3.8, 4) is 0 Å². The summed E-state index contributed by atoms with van der Waals surface area (Å²) >= 11 is 24.4. The lowest BCUT2D eigenvalue weighted by molar-refractivity contribution is 0.357. The van der Waals surface area contributed by atoms with Gasteiger partial charge in [-0.1, -0.05) is 70.2 Å². The molecule has 0 aliphatic carbocycles. The zero-order chi connectivity index (χ0) is 25.9. The van der Waals surface area contributed by atoms with Gasteiger partial charge in [0, 0.05) is 16.6 Å². The average Bonchev–Trinajstić information content (AvgIpc) is 3.28. The van der Waals surface area contributed by atoms with Crippen LogP contribution in [0.15, 0.2) is 87.1 Å². The van der Waals surface area contributed by atoms with Crippen LogP contribution in [0, 0.1) is 6.92 Å². The Morgan fingerprint density at radius 3 is 2.28 bits per heavy atom. The summed E-state index contributed by atoms with van der Waals surface area (Å²) in [5, 5.41) is 1.67. The van der Waals surface area contributed by atoms with E-state index in [4.69, 9.17) is 50.8 Å². The fraction of sp³-hybridized carbons (Fsp3) is 0.115. The first kappa shape index (κ1) is 26.7. The Kier molecular flexibility index (Phi) is 8.45. The predicted octanol–water partition coefficient (Wildman–Crippen LogP) is 8.34. The average molecular weight is 582 g/mol. The molecule has 0 saturated heterocycles. The number of hydrogen-bond donors (Lipinski definition) is 0. The molecule has 186 valence electrons. The number of benzene rings is 3. The Bertz CT molecular complexity index is 1520. The molecule has 0 radical (unpaired) electrons. The van der Waals surface area contributed by atoms with E-state index >= 15 is 0 Å². The van der Waals surface area contributed by atoms with E-state index < -0.39 is 10.0 Å². The van der Waals surface area contributed by atoms with Crippen molar-refractivity contribution in [2.45, 2.75) is 24.9 Å². The van der Waals surface area contributed by atoms with Gasteiger partial charge < -0.3 is 4.42 Å². The van der Waals surface area contributed by atoms with Gasteiger partial charge in [0.25, 0.3) is 0 Å². The summed E-state index contributed by atoms with van der Waals surface area (Å²) in [6.45, 7) is 1.90. The summed E-state index contributed by atoms with van der Waals surface area (Å²) in [6.07, 6.45) is 1.53. The van der Waals surface area contributed by atoms with Crippen molar-refractivity contribution in [3.05, 3.63) is 116 Å². The number of aliphatic imine (C=N–C) groups is 1. The number of hydrogen-bond acceptors (Lipinski definition) is 4. The monoisotopic (exact) mass is 580 g/mol. The molecule has 0 aliphatic heterocycles. The minimum Gasteiger partial charge on any atom is -0.459 e. The minimum atomic E-state index is -3.88. The smallest absolute Gasteiger partial charge is 0.243 e. The molecule has 1 heterocycles. The molecule has 0 N–H and O–H groups in total. The lowest BCUT2D eigenvalue weighted by Gasteiger charge is -2.22. The van der Waals surface area contributed by atoms with E-state index in [1.165, 1.54) is 10.5 Å². The van der Waals surface area contributed by atoms with Crippen LogP contribution in [-0.4, -0.2) is 18.9 Å². The second-order valence-corrected chi connectivity index (χ2v) is 11.6. The van der Waals surface area contributed by atoms with E-state index in [1.54, 1.807) is 72.8 Å². The highest BCUT2D eigenvalue weighted by Crippen LogP contribution is 2.28. The standard InChI is InChI=1S/C26H20Cl4N2O3S/c1-17-2-9-23(10-3-17)36(33,34)32(15-18-4-5-19(27)12-25(18)29)16-22-8-7-21(35-22)14-31-20-6-11-24(28)26(30)13-20/h2-14H,15-16H2,1H3. The van der Waals surface area contributed by atoms with Gasteiger partial charge in [0.1, 0.15) is 11.5 Å². The van der Waals surface area contributed by atoms with Gasteiger partial charge in [-0.2, -0.15) is 4.31 Å². The first-order valence-electron chi connectivity index (χ1n) is 10.7. The van der Waals surface area contributed by atoms with Crippen LogP contribution in [0.1, 0.15) is 22.6 Å². The zero-order valence-electron chi connectivity index (χ0n) is 19.0. The topological polar surface area (TPSA) is 62.9 Å². The Hall–Kier alpha value is -2.32. The summed E-state index contributed by atoms with van der Waals surface area (Å²) in [6, 6.07) is 20.1. The third kappa shape index (κ3) is 6.51. The van der Waals surface area contributed by atoms with Crippen molar-refractivity contribution in [1.29, 1.82) is 0 Å². The second-order valence-electron chi connectivity index (χ2n) is 7.98. The van der Waals surface area contributed by atoms with E-state index in [9.17, 15) is 8.42 Å². The largest absolute Gasteiger partial charge is 0.459 e. The lowest BCUT2D eigenvalue weighted by Crippen LogP contribution is -2.30. The number of halogens is 4. The third-order valence-corrected chi connectivity index (χ3v) is 8.41. The molecule has 4 rings (SSSR count). The molecule has 0 saturated carbocycles. The summed E-state index contributed by atoms with van der Waals surface area (Å²) in [5.74, 6) is 0.889. The maximum absolute atomic E-state index is 13.6. The van der Waals surface area contributed by atoms with Gasteiger partial charge in [0.2, 0.25) is 10.0 Å². The van der Waals surface area contributed by atoms with Gasteiger partial charge in [0.15, 0.2) is 0 Å². The highest BCUT2D eigenvalue weighted by atomic mass is 35.5. The first-order valence-corrected chi connectivity index (χ1v) is 13.7. The molecule has 0 fully saturated rings. The lowest BCUT2D eigenvalue weighted by atomic mass is 10.2. The minimum absolute atomic E-state index is 0.0181. The van der Waals surface area contributed by atoms with Crippen LogP contribution in [-0.2, 0) is 23.1 Å². The van der Waals surface area contributed by atoms with Crippen molar-refractivity contribution in [2.24, 2.45) is 4.99 Å². The van der Waals surface area contributed by atoms with Crippen LogP contribution in [0.3, 0.4) is 0 Å². The Balaban J connectivity index is 1.61. The number of rotatable bonds is 8. The van der Waals surface area contributed by atoms with E-state index in [-0.39, 0.29) is 18.0 Å². The number of nitrogens with zero attached hydrogens (tertiary/aromatic N) is 2. The molecule has 36 heavy (non-hydrogen) atoms. The molecule has 0 unspecified atom stereocenters. The molecule has 0 atom stereocenters. The Morgan fingerprint density at radius 2 is 1.58 bits per heavy atom. The van der Waals surface area contributed by atoms with Crippen LogP contribution >= 0.6 is 46.4 Å². The normalized spacial score (nSPS) is 12.1. The molecular weight excluding hydrogens is 562 g/mol. The maximum Gasteiger partial charge on any atom is 0.243 e. The summed E-state index contributed by atoms with van der Waals surface area (Å²) in [7, 11) is -3.88. The number of furan rings is 1. The first-order chi connectivity index (χ1) is 17.1. The molecule has 5 nitrogen and oxygen atoms in total. The Labute approximate surface area is 229 Å². The van der Waals surface area contributed by atoms with Gasteiger partial charge in [-0.15, -0.1) is 0 Å².